The molecule has 3 nitrogen and oxygen atoms in total. The van der Waals surface area contributed by atoms with Gasteiger partial charge in [-0.1, -0.05) is 0 Å². The Hall–Kier alpha value is -0.120. The lowest BCUT2D eigenvalue weighted by atomic mass is 10.1. The SMILES string of the molecule is CC(O)CCCCN1CCCN2CCCC2C1. The van der Waals surface area contributed by atoms with Gasteiger partial charge in [0.05, 0.1) is 6.10 Å². The summed E-state index contributed by atoms with van der Waals surface area (Å²) in [7, 11) is 0. The fourth-order valence-electron chi connectivity index (χ4n) is 3.26. The van der Waals surface area contributed by atoms with E-state index in [9.17, 15) is 5.11 Å². The molecular formula is C14H28N2O. The molecule has 1 N–H and O–H groups in total. The third-order valence-electron chi connectivity index (χ3n) is 4.23. The summed E-state index contributed by atoms with van der Waals surface area (Å²) in [5.41, 5.74) is 0. The van der Waals surface area contributed by atoms with Crippen LogP contribution >= 0.6 is 0 Å². The monoisotopic (exact) mass is 240 g/mol. The molecule has 0 amide bonds. The molecule has 0 aliphatic carbocycles. The van der Waals surface area contributed by atoms with E-state index in [1.807, 2.05) is 6.92 Å². The summed E-state index contributed by atoms with van der Waals surface area (Å²) in [4.78, 5) is 5.34. The van der Waals surface area contributed by atoms with Gasteiger partial charge in [-0.05, 0) is 71.6 Å². The van der Waals surface area contributed by atoms with Crippen LogP contribution in [0.4, 0.5) is 0 Å². The molecule has 0 aromatic heterocycles. The van der Waals surface area contributed by atoms with Gasteiger partial charge in [0.15, 0.2) is 0 Å². The van der Waals surface area contributed by atoms with Crippen LogP contribution in [-0.2, 0) is 0 Å². The van der Waals surface area contributed by atoms with Gasteiger partial charge in [0.25, 0.3) is 0 Å². The predicted octanol–water partition coefficient (Wildman–Crippen LogP) is 1.71. The molecule has 100 valence electrons. The second-order valence-corrected chi connectivity index (χ2v) is 5.83. The van der Waals surface area contributed by atoms with Crippen molar-refractivity contribution in [3.05, 3.63) is 0 Å². The number of unbranched alkanes of at least 4 members (excludes halogenated alkanes) is 1. The summed E-state index contributed by atoms with van der Waals surface area (Å²) in [5.74, 6) is 0. The molecular weight excluding hydrogens is 212 g/mol. The fourth-order valence-corrected chi connectivity index (χ4v) is 3.26. The zero-order valence-electron chi connectivity index (χ0n) is 11.3. The molecule has 2 fully saturated rings. The van der Waals surface area contributed by atoms with E-state index in [1.54, 1.807) is 0 Å². The first-order valence-electron chi connectivity index (χ1n) is 7.40. The smallest absolute Gasteiger partial charge is 0.0512 e. The quantitative estimate of drug-likeness (QED) is 0.741. The second-order valence-electron chi connectivity index (χ2n) is 5.83. The number of fused-ring (bicyclic) bond motifs is 1. The van der Waals surface area contributed by atoms with Crippen molar-refractivity contribution in [3.63, 3.8) is 0 Å². The van der Waals surface area contributed by atoms with Crippen molar-refractivity contribution < 1.29 is 5.11 Å². The standard InChI is InChI=1S/C14H28N2O/c1-13(17)6-2-3-8-15-9-5-11-16-10-4-7-14(16)12-15/h13-14,17H,2-12H2,1H3. The summed E-state index contributed by atoms with van der Waals surface area (Å²) in [6.07, 6.45) is 7.41. The van der Waals surface area contributed by atoms with Gasteiger partial charge in [0.2, 0.25) is 0 Å². The first-order chi connectivity index (χ1) is 8.25. The number of aliphatic hydroxyl groups is 1. The normalized spacial score (nSPS) is 28.9. The van der Waals surface area contributed by atoms with Crippen molar-refractivity contribution in [2.24, 2.45) is 0 Å². The van der Waals surface area contributed by atoms with Gasteiger partial charge in [-0.15, -0.1) is 0 Å². The molecule has 3 heteroatoms. The molecule has 0 aromatic carbocycles. The lowest BCUT2D eigenvalue weighted by molar-refractivity contribution is 0.175. The largest absolute Gasteiger partial charge is 0.393 e. The highest BCUT2D eigenvalue weighted by Gasteiger charge is 2.28. The zero-order valence-corrected chi connectivity index (χ0v) is 11.3. The third kappa shape index (κ3) is 4.23. The van der Waals surface area contributed by atoms with Gasteiger partial charge in [0.1, 0.15) is 0 Å². The van der Waals surface area contributed by atoms with Crippen LogP contribution in [0.25, 0.3) is 0 Å². The highest BCUT2D eigenvalue weighted by molar-refractivity contribution is 4.84. The van der Waals surface area contributed by atoms with Crippen LogP contribution in [0.2, 0.25) is 0 Å². The molecule has 2 saturated heterocycles. The highest BCUT2D eigenvalue weighted by Crippen LogP contribution is 2.21. The number of hydrogen-bond acceptors (Lipinski definition) is 3. The van der Waals surface area contributed by atoms with Crippen LogP contribution in [0.1, 0.15) is 45.4 Å². The van der Waals surface area contributed by atoms with Crippen LogP contribution in [0.5, 0.6) is 0 Å². The summed E-state index contributed by atoms with van der Waals surface area (Å²) < 4.78 is 0. The number of rotatable bonds is 5. The predicted molar refractivity (Wildman–Crippen MR) is 71.2 cm³/mol. The van der Waals surface area contributed by atoms with E-state index in [0.29, 0.717) is 0 Å². The highest BCUT2D eigenvalue weighted by atomic mass is 16.3. The van der Waals surface area contributed by atoms with E-state index in [1.165, 1.54) is 64.8 Å². The minimum atomic E-state index is -0.121. The number of aliphatic hydroxyl groups excluding tert-OH is 1. The lowest BCUT2D eigenvalue weighted by Crippen LogP contribution is -2.37. The van der Waals surface area contributed by atoms with Crippen molar-refractivity contribution in [2.45, 2.75) is 57.6 Å². The van der Waals surface area contributed by atoms with Gasteiger partial charge in [-0.2, -0.15) is 0 Å². The van der Waals surface area contributed by atoms with Crippen LogP contribution in [0.3, 0.4) is 0 Å². The Balaban J connectivity index is 1.66. The molecule has 17 heavy (non-hydrogen) atoms. The minimum Gasteiger partial charge on any atom is -0.393 e. The van der Waals surface area contributed by atoms with Gasteiger partial charge in [-0.3, -0.25) is 4.90 Å². The first-order valence-corrected chi connectivity index (χ1v) is 7.40. The van der Waals surface area contributed by atoms with Crippen LogP contribution < -0.4 is 0 Å². The Morgan fingerprint density at radius 2 is 2.00 bits per heavy atom. The Morgan fingerprint density at radius 1 is 1.18 bits per heavy atom. The molecule has 2 atom stereocenters. The molecule has 0 radical (unpaired) electrons. The summed E-state index contributed by atoms with van der Waals surface area (Å²) in [6, 6.07) is 0.842. The molecule has 0 aromatic rings. The second kappa shape index (κ2) is 6.72. The van der Waals surface area contributed by atoms with E-state index in [2.05, 4.69) is 9.80 Å². The molecule has 2 heterocycles. The average Bonchev–Trinajstić information content (AvgIpc) is 2.63. The average molecular weight is 240 g/mol. The van der Waals surface area contributed by atoms with Crippen molar-refractivity contribution in [1.29, 1.82) is 0 Å². The van der Waals surface area contributed by atoms with Gasteiger partial charge >= 0.3 is 0 Å². The minimum absolute atomic E-state index is 0.121. The number of nitrogens with zero attached hydrogens (tertiary/aromatic N) is 2. The molecule has 2 aliphatic heterocycles. The van der Waals surface area contributed by atoms with Gasteiger partial charge in [0, 0.05) is 12.6 Å². The van der Waals surface area contributed by atoms with Crippen molar-refractivity contribution in [3.8, 4) is 0 Å². The third-order valence-corrected chi connectivity index (χ3v) is 4.23. The maximum atomic E-state index is 9.24. The van der Waals surface area contributed by atoms with Gasteiger partial charge in [-0.25, -0.2) is 0 Å². The van der Waals surface area contributed by atoms with E-state index in [-0.39, 0.29) is 6.10 Å². The maximum Gasteiger partial charge on any atom is 0.0512 e. The Kier molecular flexibility index (Phi) is 5.26. The molecule has 0 spiro atoms. The Bertz CT molecular complexity index is 220. The van der Waals surface area contributed by atoms with Crippen molar-refractivity contribution >= 4 is 0 Å². The molecule has 2 aliphatic rings. The number of hydrogen-bond donors (Lipinski definition) is 1. The summed E-state index contributed by atoms with van der Waals surface area (Å²) in [5, 5.41) is 9.24. The summed E-state index contributed by atoms with van der Waals surface area (Å²) >= 11 is 0. The van der Waals surface area contributed by atoms with Crippen molar-refractivity contribution in [2.75, 3.05) is 32.7 Å². The van der Waals surface area contributed by atoms with Crippen molar-refractivity contribution in [1.82, 2.24) is 9.80 Å². The maximum absolute atomic E-state index is 9.24. The Morgan fingerprint density at radius 3 is 2.82 bits per heavy atom. The summed E-state index contributed by atoms with van der Waals surface area (Å²) in [6.45, 7) is 8.34. The first kappa shape index (κ1) is 13.3. The van der Waals surface area contributed by atoms with Crippen LogP contribution in [0, 0.1) is 0 Å². The Labute approximate surface area is 106 Å². The van der Waals surface area contributed by atoms with Gasteiger partial charge < -0.3 is 10.0 Å². The fraction of sp³-hybridized carbons (Fsp3) is 1.00. The molecule has 2 rings (SSSR count). The molecule has 0 bridgehead atoms. The van der Waals surface area contributed by atoms with Crippen LogP contribution in [-0.4, -0.2) is 59.8 Å². The zero-order chi connectivity index (χ0) is 12.1. The van der Waals surface area contributed by atoms with E-state index in [0.717, 1.165) is 12.5 Å². The lowest BCUT2D eigenvalue weighted by Gasteiger charge is -2.25. The topological polar surface area (TPSA) is 26.7 Å². The van der Waals surface area contributed by atoms with Crippen LogP contribution in [0.15, 0.2) is 0 Å². The molecule has 2 unspecified atom stereocenters. The van der Waals surface area contributed by atoms with E-state index in [4.69, 9.17) is 0 Å². The molecule has 0 saturated carbocycles. The van der Waals surface area contributed by atoms with E-state index < -0.39 is 0 Å². The van der Waals surface area contributed by atoms with E-state index >= 15 is 0 Å².